The number of aryl methyl sites for hydroxylation is 1. The smallest absolute Gasteiger partial charge is 0.300 e. The molecule has 1 heterocycles. The first-order chi connectivity index (χ1) is 12.9. The molecule has 1 aromatic heterocycles. The fraction of sp³-hybridized carbons (Fsp3) is 0.421. The van der Waals surface area contributed by atoms with E-state index in [-0.39, 0.29) is 5.91 Å². The van der Waals surface area contributed by atoms with Crippen LogP contribution in [0.25, 0.3) is 0 Å². The number of aromatic nitrogens is 1. The summed E-state index contributed by atoms with van der Waals surface area (Å²) in [6.45, 7) is 4.53. The summed E-state index contributed by atoms with van der Waals surface area (Å²) >= 11 is 1.58. The maximum atomic E-state index is 12.9. The Morgan fingerprint density at radius 1 is 1.41 bits per heavy atom. The van der Waals surface area contributed by atoms with Gasteiger partial charge < -0.3 is 20.5 Å². The standard InChI is InChI=1S/C17H21N3O2S.C2H4O2/c1-12-2-3-13(10-15(12)22-8-6-18)17(21)20(14-4-5-14)11-16-19-7-9-23-16;1-2(3)4/h2-3,7,9-10,14H,4-6,8,11,18H2,1H3;1H3,(H,3,4). The van der Waals surface area contributed by atoms with Gasteiger partial charge in [-0.25, -0.2) is 4.98 Å². The molecule has 27 heavy (non-hydrogen) atoms. The zero-order valence-corrected chi connectivity index (χ0v) is 16.4. The number of carbonyl (C=O) groups is 2. The van der Waals surface area contributed by atoms with Gasteiger partial charge in [0.05, 0.1) is 6.54 Å². The van der Waals surface area contributed by atoms with Gasteiger partial charge in [-0.05, 0) is 37.5 Å². The predicted octanol–water partition coefficient (Wildman–Crippen LogP) is 2.68. The zero-order valence-electron chi connectivity index (χ0n) is 15.6. The Kier molecular flexibility index (Phi) is 7.75. The molecular weight excluding hydrogens is 366 g/mol. The molecule has 0 radical (unpaired) electrons. The number of carboxylic acids is 1. The first-order valence-corrected chi connectivity index (χ1v) is 9.62. The fourth-order valence-corrected chi connectivity index (χ4v) is 3.07. The van der Waals surface area contributed by atoms with Crippen LogP contribution in [0.2, 0.25) is 0 Å². The highest BCUT2D eigenvalue weighted by molar-refractivity contribution is 7.09. The number of nitrogens with zero attached hydrogens (tertiary/aromatic N) is 2. The van der Waals surface area contributed by atoms with Crippen LogP contribution in [0.5, 0.6) is 5.75 Å². The summed E-state index contributed by atoms with van der Waals surface area (Å²) in [4.78, 5) is 28.1. The highest BCUT2D eigenvalue weighted by Gasteiger charge is 2.33. The second-order valence-electron chi connectivity index (χ2n) is 6.23. The largest absolute Gasteiger partial charge is 0.492 e. The summed E-state index contributed by atoms with van der Waals surface area (Å²) in [5.41, 5.74) is 7.16. The maximum absolute atomic E-state index is 12.9. The topological polar surface area (TPSA) is 106 Å². The first kappa shape index (κ1) is 20.9. The third-order valence-corrected chi connectivity index (χ3v) is 4.61. The molecule has 0 atom stereocenters. The van der Waals surface area contributed by atoms with E-state index in [9.17, 15) is 4.79 Å². The second kappa shape index (κ2) is 10.0. The van der Waals surface area contributed by atoms with Crippen LogP contribution >= 0.6 is 11.3 Å². The van der Waals surface area contributed by atoms with Crippen molar-refractivity contribution in [3.8, 4) is 5.75 Å². The van der Waals surface area contributed by atoms with E-state index >= 15 is 0 Å². The van der Waals surface area contributed by atoms with E-state index in [1.54, 1.807) is 17.5 Å². The molecule has 0 saturated heterocycles. The molecule has 0 bridgehead atoms. The normalized spacial score (nSPS) is 12.7. The van der Waals surface area contributed by atoms with Crippen molar-refractivity contribution in [3.05, 3.63) is 45.9 Å². The molecule has 1 fully saturated rings. The number of carbonyl (C=O) groups excluding carboxylic acids is 1. The van der Waals surface area contributed by atoms with Crippen LogP contribution in [0.3, 0.4) is 0 Å². The van der Waals surface area contributed by atoms with Gasteiger partial charge >= 0.3 is 0 Å². The number of benzene rings is 1. The molecule has 1 saturated carbocycles. The number of thiazole rings is 1. The molecule has 3 rings (SSSR count). The summed E-state index contributed by atoms with van der Waals surface area (Å²) in [5, 5.41) is 10.3. The van der Waals surface area contributed by atoms with Gasteiger partial charge in [0.2, 0.25) is 0 Å². The van der Waals surface area contributed by atoms with E-state index in [4.69, 9.17) is 20.4 Å². The Morgan fingerprint density at radius 2 is 2.11 bits per heavy atom. The van der Waals surface area contributed by atoms with E-state index in [0.29, 0.717) is 31.3 Å². The molecule has 1 aliphatic rings. The van der Waals surface area contributed by atoms with E-state index < -0.39 is 5.97 Å². The van der Waals surface area contributed by atoms with Crippen molar-refractivity contribution in [3.63, 3.8) is 0 Å². The number of amides is 1. The molecule has 2 aromatic rings. The lowest BCUT2D eigenvalue weighted by molar-refractivity contribution is -0.134. The van der Waals surface area contributed by atoms with Gasteiger partial charge in [0.1, 0.15) is 17.4 Å². The van der Waals surface area contributed by atoms with Gasteiger partial charge in [-0.2, -0.15) is 0 Å². The van der Waals surface area contributed by atoms with Crippen LogP contribution in [-0.2, 0) is 11.3 Å². The molecule has 0 aliphatic heterocycles. The predicted molar refractivity (Wildman–Crippen MR) is 104 cm³/mol. The van der Waals surface area contributed by atoms with Crippen molar-refractivity contribution in [1.29, 1.82) is 0 Å². The van der Waals surface area contributed by atoms with Crippen molar-refractivity contribution in [2.24, 2.45) is 5.73 Å². The minimum absolute atomic E-state index is 0.0419. The minimum atomic E-state index is -0.833. The first-order valence-electron chi connectivity index (χ1n) is 8.74. The van der Waals surface area contributed by atoms with E-state index in [1.165, 1.54) is 0 Å². The quantitative estimate of drug-likeness (QED) is 0.752. The summed E-state index contributed by atoms with van der Waals surface area (Å²) in [5.74, 6) is -0.0633. The van der Waals surface area contributed by atoms with Crippen LogP contribution in [0.15, 0.2) is 29.8 Å². The molecule has 0 spiro atoms. The average molecular weight is 391 g/mol. The zero-order chi connectivity index (χ0) is 19.8. The number of rotatable bonds is 7. The van der Waals surface area contributed by atoms with Gasteiger partial charge in [-0.1, -0.05) is 6.07 Å². The molecular formula is C19H25N3O4S. The number of nitrogens with two attached hydrogens (primary N) is 1. The molecule has 0 unspecified atom stereocenters. The Balaban J connectivity index is 0.000000596. The van der Waals surface area contributed by atoms with E-state index in [2.05, 4.69) is 4.98 Å². The Bertz CT molecular complexity index is 756. The highest BCUT2D eigenvalue weighted by atomic mass is 32.1. The van der Waals surface area contributed by atoms with Gasteiger partial charge in [-0.3, -0.25) is 9.59 Å². The number of hydrogen-bond acceptors (Lipinski definition) is 6. The highest BCUT2D eigenvalue weighted by Crippen LogP contribution is 2.31. The Labute approximate surface area is 162 Å². The van der Waals surface area contributed by atoms with Crippen molar-refractivity contribution in [2.75, 3.05) is 13.2 Å². The average Bonchev–Trinajstić information content (AvgIpc) is 3.34. The molecule has 7 nitrogen and oxygen atoms in total. The maximum Gasteiger partial charge on any atom is 0.300 e. The third kappa shape index (κ3) is 6.65. The van der Waals surface area contributed by atoms with E-state index in [1.807, 2.05) is 35.4 Å². The second-order valence-corrected chi connectivity index (χ2v) is 7.21. The van der Waals surface area contributed by atoms with Crippen LogP contribution in [0.1, 0.15) is 40.7 Å². The van der Waals surface area contributed by atoms with Crippen molar-refractivity contribution >= 4 is 23.2 Å². The van der Waals surface area contributed by atoms with Crippen LogP contribution in [0, 0.1) is 6.92 Å². The SMILES string of the molecule is CC(=O)O.Cc1ccc(C(=O)N(Cc2nccs2)C2CC2)cc1OCCN. The summed E-state index contributed by atoms with van der Waals surface area (Å²) in [6, 6.07) is 5.95. The number of hydrogen-bond donors (Lipinski definition) is 2. The lowest BCUT2D eigenvalue weighted by Crippen LogP contribution is -2.32. The summed E-state index contributed by atoms with van der Waals surface area (Å²) in [6.07, 6.45) is 3.92. The lowest BCUT2D eigenvalue weighted by atomic mass is 10.1. The molecule has 1 aliphatic carbocycles. The number of carboxylic acid groups (broad SMARTS) is 1. The Hall–Kier alpha value is -2.45. The monoisotopic (exact) mass is 391 g/mol. The van der Waals surface area contributed by atoms with Crippen molar-refractivity contribution in [2.45, 2.75) is 39.3 Å². The van der Waals surface area contributed by atoms with Gasteiger partial charge in [0.15, 0.2) is 0 Å². The van der Waals surface area contributed by atoms with Crippen molar-refractivity contribution < 1.29 is 19.4 Å². The summed E-state index contributed by atoms with van der Waals surface area (Å²) < 4.78 is 5.63. The van der Waals surface area contributed by atoms with Gasteiger partial charge in [0, 0.05) is 36.7 Å². The van der Waals surface area contributed by atoms with Gasteiger partial charge in [-0.15, -0.1) is 11.3 Å². The lowest BCUT2D eigenvalue weighted by Gasteiger charge is -2.22. The molecule has 8 heteroatoms. The third-order valence-electron chi connectivity index (χ3n) is 3.85. The van der Waals surface area contributed by atoms with Crippen molar-refractivity contribution in [1.82, 2.24) is 9.88 Å². The minimum Gasteiger partial charge on any atom is -0.492 e. The fourth-order valence-electron chi connectivity index (χ4n) is 2.45. The van der Waals surface area contributed by atoms with Crippen LogP contribution < -0.4 is 10.5 Å². The molecule has 146 valence electrons. The van der Waals surface area contributed by atoms with Gasteiger partial charge in [0.25, 0.3) is 11.9 Å². The van der Waals surface area contributed by atoms with Crippen LogP contribution in [-0.4, -0.2) is 46.1 Å². The number of ether oxygens (including phenoxy) is 1. The van der Waals surface area contributed by atoms with Crippen LogP contribution in [0.4, 0.5) is 0 Å². The Morgan fingerprint density at radius 3 is 2.67 bits per heavy atom. The van der Waals surface area contributed by atoms with E-state index in [0.717, 1.165) is 36.1 Å². The number of aliphatic carboxylic acids is 1. The molecule has 1 aromatic carbocycles. The molecule has 1 amide bonds. The molecule has 3 N–H and O–H groups in total. The summed E-state index contributed by atoms with van der Waals surface area (Å²) in [7, 11) is 0.